The molecule has 0 unspecified atom stereocenters. The molecule has 0 aliphatic heterocycles. The summed E-state index contributed by atoms with van der Waals surface area (Å²) in [5.41, 5.74) is 0. The van der Waals surface area contributed by atoms with E-state index in [2.05, 4.69) is 12.6 Å². The average molecular weight is 276 g/mol. The Balaban J connectivity index is 2.90. The molecule has 3 heteroatoms. The fraction of sp³-hybridized carbons (Fsp3) is 1.00. The van der Waals surface area contributed by atoms with Gasteiger partial charge in [0, 0.05) is 0 Å². The average Bonchev–Trinajstić information content (AvgIpc) is 2.34. The zero-order valence-corrected chi connectivity index (χ0v) is 12.7. The molecule has 0 fully saturated rings. The van der Waals surface area contributed by atoms with E-state index in [-0.39, 0.29) is 0 Å². The Kier molecular flexibility index (Phi) is 15.6. The number of hydrogen-bond acceptors (Lipinski definition) is 3. The standard InChI is InChI=1S/C15H32O2S/c16-15(17)13-11-9-7-5-3-1-2-4-6-8-10-12-14-18/h15-18H,1-14H2. The molecule has 0 rings (SSSR count). The molecule has 0 amide bonds. The maximum Gasteiger partial charge on any atom is 0.151 e. The maximum absolute atomic E-state index is 8.68. The van der Waals surface area contributed by atoms with Gasteiger partial charge in [0.25, 0.3) is 0 Å². The Hall–Kier alpha value is 0.270. The highest BCUT2D eigenvalue weighted by molar-refractivity contribution is 7.80. The minimum atomic E-state index is -1.10. The summed E-state index contributed by atoms with van der Waals surface area (Å²) >= 11 is 4.21. The van der Waals surface area contributed by atoms with Crippen molar-refractivity contribution in [2.45, 2.75) is 89.8 Å². The highest BCUT2D eigenvalue weighted by Crippen LogP contribution is 2.12. The second-order valence-electron chi connectivity index (χ2n) is 5.24. The second-order valence-corrected chi connectivity index (χ2v) is 5.68. The third-order valence-electron chi connectivity index (χ3n) is 3.37. The first-order valence-electron chi connectivity index (χ1n) is 7.74. The number of unbranched alkanes of at least 4 members (excludes halogenated alkanes) is 11. The van der Waals surface area contributed by atoms with E-state index in [4.69, 9.17) is 10.2 Å². The van der Waals surface area contributed by atoms with Crippen LogP contribution < -0.4 is 0 Å². The first-order chi connectivity index (χ1) is 8.77. The van der Waals surface area contributed by atoms with Gasteiger partial charge >= 0.3 is 0 Å². The third-order valence-corrected chi connectivity index (χ3v) is 3.69. The Morgan fingerprint density at radius 1 is 0.556 bits per heavy atom. The van der Waals surface area contributed by atoms with Crippen LogP contribution in [0.5, 0.6) is 0 Å². The number of thiol groups is 1. The number of rotatable bonds is 14. The lowest BCUT2D eigenvalue weighted by molar-refractivity contribution is -0.0466. The largest absolute Gasteiger partial charge is 0.368 e. The van der Waals surface area contributed by atoms with Crippen LogP contribution in [0.1, 0.15) is 83.5 Å². The Morgan fingerprint density at radius 2 is 0.889 bits per heavy atom. The van der Waals surface area contributed by atoms with Crippen LogP contribution in [0.25, 0.3) is 0 Å². The lowest BCUT2D eigenvalue weighted by Gasteiger charge is -2.04. The van der Waals surface area contributed by atoms with Crippen molar-refractivity contribution in [1.29, 1.82) is 0 Å². The van der Waals surface area contributed by atoms with Gasteiger partial charge in [0.1, 0.15) is 0 Å². The smallest absolute Gasteiger partial charge is 0.151 e. The molecule has 110 valence electrons. The van der Waals surface area contributed by atoms with E-state index in [1.54, 1.807) is 0 Å². The van der Waals surface area contributed by atoms with Gasteiger partial charge in [0.2, 0.25) is 0 Å². The molecule has 2 nitrogen and oxygen atoms in total. The molecule has 0 spiro atoms. The summed E-state index contributed by atoms with van der Waals surface area (Å²) in [6, 6.07) is 0. The van der Waals surface area contributed by atoms with E-state index < -0.39 is 6.29 Å². The van der Waals surface area contributed by atoms with E-state index in [0.29, 0.717) is 6.42 Å². The van der Waals surface area contributed by atoms with E-state index >= 15 is 0 Å². The van der Waals surface area contributed by atoms with Gasteiger partial charge in [-0.05, 0) is 25.0 Å². The third kappa shape index (κ3) is 16.3. The van der Waals surface area contributed by atoms with E-state index in [1.807, 2.05) is 0 Å². The zero-order valence-electron chi connectivity index (χ0n) is 11.8. The molecule has 0 atom stereocenters. The first-order valence-corrected chi connectivity index (χ1v) is 8.37. The minimum Gasteiger partial charge on any atom is -0.368 e. The summed E-state index contributed by atoms with van der Waals surface area (Å²) in [7, 11) is 0. The highest BCUT2D eigenvalue weighted by atomic mass is 32.1. The predicted octanol–water partition coefficient (Wildman–Crippen LogP) is 4.30. The van der Waals surface area contributed by atoms with Gasteiger partial charge in [-0.3, -0.25) is 0 Å². The van der Waals surface area contributed by atoms with Gasteiger partial charge in [0.15, 0.2) is 6.29 Å². The van der Waals surface area contributed by atoms with E-state index in [1.165, 1.54) is 64.2 Å². The van der Waals surface area contributed by atoms with Crippen LogP contribution in [-0.2, 0) is 0 Å². The van der Waals surface area contributed by atoms with E-state index in [9.17, 15) is 0 Å². The summed E-state index contributed by atoms with van der Waals surface area (Å²) in [6.45, 7) is 0. The molecule has 0 aromatic rings. The topological polar surface area (TPSA) is 40.5 Å². The zero-order chi connectivity index (χ0) is 13.5. The molecular formula is C15H32O2S. The molecule has 0 aromatic heterocycles. The van der Waals surface area contributed by atoms with Crippen LogP contribution in [0.4, 0.5) is 0 Å². The number of hydrogen-bond donors (Lipinski definition) is 3. The van der Waals surface area contributed by atoms with Crippen LogP contribution in [-0.4, -0.2) is 22.3 Å². The summed E-state index contributed by atoms with van der Waals surface area (Å²) in [5, 5.41) is 17.4. The van der Waals surface area contributed by atoms with Crippen LogP contribution in [0, 0.1) is 0 Å². The van der Waals surface area contributed by atoms with Crippen molar-refractivity contribution in [3.05, 3.63) is 0 Å². The van der Waals surface area contributed by atoms with Crippen molar-refractivity contribution in [2.24, 2.45) is 0 Å². The molecule has 0 heterocycles. The molecule has 0 aromatic carbocycles. The highest BCUT2D eigenvalue weighted by Gasteiger charge is 1.97. The van der Waals surface area contributed by atoms with Gasteiger partial charge < -0.3 is 10.2 Å². The molecule has 0 radical (unpaired) electrons. The van der Waals surface area contributed by atoms with Crippen LogP contribution in [0.15, 0.2) is 0 Å². The quantitative estimate of drug-likeness (QED) is 0.251. The first kappa shape index (κ1) is 18.3. The maximum atomic E-state index is 8.68. The summed E-state index contributed by atoms with van der Waals surface area (Å²) in [4.78, 5) is 0. The van der Waals surface area contributed by atoms with Crippen molar-refractivity contribution >= 4 is 12.6 Å². The monoisotopic (exact) mass is 276 g/mol. The summed E-state index contributed by atoms with van der Waals surface area (Å²) < 4.78 is 0. The molecule has 0 aliphatic carbocycles. The predicted molar refractivity (Wildman–Crippen MR) is 82.1 cm³/mol. The van der Waals surface area contributed by atoms with Crippen LogP contribution >= 0.6 is 12.6 Å². The molecule has 2 N–H and O–H groups in total. The molecule has 0 saturated carbocycles. The molecule has 0 bridgehead atoms. The Labute approximate surface area is 119 Å². The SMILES string of the molecule is OC(O)CCCCCCCCCCCCCCS. The van der Waals surface area contributed by atoms with Gasteiger partial charge in [0.05, 0.1) is 0 Å². The van der Waals surface area contributed by atoms with Gasteiger partial charge in [-0.2, -0.15) is 12.6 Å². The fourth-order valence-corrected chi connectivity index (χ4v) is 2.43. The normalized spacial score (nSPS) is 11.3. The number of aliphatic hydroxyl groups is 2. The van der Waals surface area contributed by atoms with Crippen LogP contribution in [0.2, 0.25) is 0 Å². The fourth-order valence-electron chi connectivity index (χ4n) is 2.21. The second kappa shape index (κ2) is 15.3. The Bertz CT molecular complexity index is 151. The van der Waals surface area contributed by atoms with Gasteiger partial charge in [-0.25, -0.2) is 0 Å². The summed E-state index contributed by atoms with van der Waals surface area (Å²) in [5.74, 6) is 1.04. The molecule has 18 heavy (non-hydrogen) atoms. The van der Waals surface area contributed by atoms with Crippen molar-refractivity contribution in [3.8, 4) is 0 Å². The Morgan fingerprint density at radius 3 is 1.22 bits per heavy atom. The minimum absolute atomic E-state index is 0.534. The van der Waals surface area contributed by atoms with Crippen LogP contribution in [0.3, 0.4) is 0 Å². The molecule has 0 saturated heterocycles. The van der Waals surface area contributed by atoms with Gasteiger partial charge in [-0.15, -0.1) is 0 Å². The molecular weight excluding hydrogens is 244 g/mol. The summed E-state index contributed by atoms with van der Waals surface area (Å²) in [6.07, 6.45) is 14.9. The lowest BCUT2D eigenvalue weighted by atomic mass is 10.0. The van der Waals surface area contributed by atoms with E-state index in [0.717, 1.165) is 18.6 Å². The lowest BCUT2D eigenvalue weighted by Crippen LogP contribution is -2.02. The van der Waals surface area contributed by atoms with Crippen molar-refractivity contribution in [3.63, 3.8) is 0 Å². The van der Waals surface area contributed by atoms with Gasteiger partial charge in [-0.1, -0.05) is 64.2 Å². The van der Waals surface area contributed by atoms with Crippen molar-refractivity contribution < 1.29 is 10.2 Å². The van der Waals surface area contributed by atoms with Crippen molar-refractivity contribution in [2.75, 3.05) is 5.75 Å². The molecule has 0 aliphatic rings. The number of aliphatic hydroxyl groups excluding tert-OH is 1. The van der Waals surface area contributed by atoms with Crippen molar-refractivity contribution in [1.82, 2.24) is 0 Å².